The normalized spacial score (nSPS) is 11.1. The molecule has 0 aliphatic heterocycles. The number of carbonyl (C=O) groups is 1. The molecule has 0 radical (unpaired) electrons. The minimum Gasteiger partial charge on any atom is -0.495 e. The van der Waals surface area contributed by atoms with Crippen LogP contribution < -0.4 is 21.1 Å². The summed E-state index contributed by atoms with van der Waals surface area (Å²) in [6.45, 7) is 0.690. The first-order chi connectivity index (χ1) is 12.0. The molecule has 0 saturated heterocycles. The zero-order valence-electron chi connectivity index (χ0n) is 13.6. The van der Waals surface area contributed by atoms with E-state index in [1.807, 2.05) is 0 Å². The van der Waals surface area contributed by atoms with Gasteiger partial charge in [0.05, 0.1) is 18.7 Å². The summed E-state index contributed by atoms with van der Waals surface area (Å²) in [6.07, 6.45) is 0. The van der Waals surface area contributed by atoms with Crippen molar-refractivity contribution in [1.29, 1.82) is 0 Å². The molecule has 6 nitrogen and oxygen atoms in total. The van der Waals surface area contributed by atoms with Crippen LogP contribution in [0.15, 0.2) is 47.5 Å². The summed E-state index contributed by atoms with van der Waals surface area (Å²) < 4.78 is 5.08. The van der Waals surface area contributed by atoms with E-state index in [0.29, 0.717) is 40.1 Å². The molecule has 0 aliphatic carbocycles. The summed E-state index contributed by atoms with van der Waals surface area (Å²) in [5.74, 6) is 0.606. The zero-order valence-corrected chi connectivity index (χ0v) is 15.1. The summed E-state index contributed by atoms with van der Waals surface area (Å²) in [5.41, 5.74) is 7.03. The van der Waals surface area contributed by atoms with Gasteiger partial charge >= 0.3 is 0 Å². The molecule has 0 fully saturated rings. The monoisotopic (exact) mass is 380 g/mol. The maximum Gasteiger partial charge on any atom is 0.251 e. The third-order valence-corrected chi connectivity index (χ3v) is 3.76. The largest absolute Gasteiger partial charge is 0.495 e. The van der Waals surface area contributed by atoms with Crippen molar-refractivity contribution in [3.8, 4) is 5.75 Å². The number of hydrogen-bond donors (Lipinski definition) is 3. The molecule has 1 amide bonds. The van der Waals surface area contributed by atoms with Gasteiger partial charge in [-0.2, -0.15) is 0 Å². The molecule has 8 heteroatoms. The number of carbonyl (C=O) groups excluding carboxylic acids is 1. The Morgan fingerprint density at radius 3 is 2.56 bits per heavy atom. The molecule has 2 aromatic carbocycles. The quantitative estimate of drug-likeness (QED) is 0.408. The van der Waals surface area contributed by atoms with E-state index in [-0.39, 0.29) is 11.9 Å². The molecular formula is C17H18Cl2N4O2. The zero-order chi connectivity index (χ0) is 18.2. The number of amides is 1. The molecule has 0 aromatic heterocycles. The molecule has 4 N–H and O–H groups in total. The topological polar surface area (TPSA) is 88.7 Å². The lowest BCUT2D eigenvalue weighted by molar-refractivity contribution is 0.0955. The van der Waals surface area contributed by atoms with E-state index >= 15 is 0 Å². The number of ether oxygens (including phenoxy) is 1. The van der Waals surface area contributed by atoms with Gasteiger partial charge in [-0.1, -0.05) is 23.2 Å². The van der Waals surface area contributed by atoms with Crippen LogP contribution in [-0.4, -0.2) is 32.1 Å². The number of nitrogens with two attached hydrogens (primary N) is 1. The molecule has 0 bridgehead atoms. The number of rotatable bonds is 6. The van der Waals surface area contributed by atoms with E-state index in [1.54, 1.807) is 49.6 Å². The van der Waals surface area contributed by atoms with Crippen LogP contribution in [0.3, 0.4) is 0 Å². The van der Waals surface area contributed by atoms with Gasteiger partial charge in [0.1, 0.15) is 5.75 Å². The van der Waals surface area contributed by atoms with Crippen molar-refractivity contribution in [2.24, 2.45) is 10.7 Å². The fourth-order valence-corrected chi connectivity index (χ4v) is 2.36. The van der Waals surface area contributed by atoms with Crippen LogP contribution in [-0.2, 0) is 0 Å². The molecule has 0 atom stereocenters. The second kappa shape index (κ2) is 9.15. The average molecular weight is 381 g/mol. The van der Waals surface area contributed by atoms with Gasteiger partial charge in [-0.05, 0) is 42.5 Å². The highest BCUT2D eigenvalue weighted by atomic mass is 35.5. The lowest BCUT2D eigenvalue weighted by Crippen LogP contribution is -2.28. The third kappa shape index (κ3) is 5.85. The maximum absolute atomic E-state index is 11.9. The highest BCUT2D eigenvalue weighted by Crippen LogP contribution is 2.26. The van der Waals surface area contributed by atoms with Gasteiger partial charge in [0, 0.05) is 22.8 Å². The van der Waals surface area contributed by atoms with Gasteiger partial charge in [0.15, 0.2) is 5.96 Å². The Hall–Kier alpha value is -2.44. The average Bonchev–Trinajstić information content (AvgIpc) is 2.59. The predicted molar refractivity (Wildman–Crippen MR) is 102 cm³/mol. The summed E-state index contributed by atoms with van der Waals surface area (Å²) in [7, 11) is 1.54. The van der Waals surface area contributed by atoms with Crippen LogP contribution >= 0.6 is 23.2 Å². The van der Waals surface area contributed by atoms with Gasteiger partial charge in [-0.3, -0.25) is 9.79 Å². The molecule has 0 saturated carbocycles. The number of nitrogens with zero attached hydrogens (tertiary/aromatic N) is 1. The van der Waals surface area contributed by atoms with E-state index in [1.165, 1.54) is 0 Å². The van der Waals surface area contributed by atoms with E-state index in [0.717, 1.165) is 0 Å². The standard InChI is InChI=1S/C17H18Cl2N4O2/c1-25-15-7-6-13(10-14(15)19)23-17(20)22-9-8-21-16(24)11-2-4-12(18)5-3-11/h2-7,10H,8-9H2,1H3,(H,21,24)(H3,20,22,23). The van der Waals surface area contributed by atoms with Crippen LogP contribution in [0.25, 0.3) is 0 Å². The number of nitrogens with one attached hydrogen (secondary N) is 2. The minimum absolute atomic E-state index is 0.194. The number of anilines is 1. The second-order valence-electron chi connectivity index (χ2n) is 5.00. The minimum atomic E-state index is -0.194. The summed E-state index contributed by atoms with van der Waals surface area (Å²) in [4.78, 5) is 16.1. The van der Waals surface area contributed by atoms with Crippen molar-refractivity contribution in [3.05, 3.63) is 58.1 Å². The fraction of sp³-hybridized carbons (Fsp3) is 0.176. The number of aliphatic imine (C=N–C) groups is 1. The van der Waals surface area contributed by atoms with Crippen molar-refractivity contribution in [2.75, 3.05) is 25.5 Å². The van der Waals surface area contributed by atoms with Crippen molar-refractivity contribution < 1.29 is 9.53 Å². The molecule has 0 aliphatic rings. The molecule has 2 rings (SSSR count). The summed E-state index contributed by atoms with van der Waals surface area (Å²) in [6, 6.07) is 11.8. The van der Waals surface area contributed by atoms with Gasteiger partial charge in [0.2, 0.25) is 0 Å². The van der Waals surface area contributed by atoms with Crippen molar-refractivity contribution in [1.82, 2.24) is 5.32 Å². The van der Waals surface area contributed by atoms with Crippen molar-refractivity contribution in [2.45, 2.75) is 0 Å². The van der Waals surface area contributed by atoms with E-state index < -0.39 is 0 Å². The second-order valence-corrected chi connectivity index (χ2v) is 5.85. The lowest BCUT2D eigenvalue weighted by Gasteiger charge is -2.08. The van der Waals surface area contributed by atoms with Crippen molar-refractivity contribution >= 4 is 40.8 Å². The first-order valence-corrected chi connectivity index (χ1v) is 8.19. The number of halogens is 2. The predicted octanol–water partition coefficient (Wildman–Crippen LogP) is 3.16. The first kappa shape index (κ1) is 18.9. The summed E-state index contributed by atoms with van der Waals surface area (Å²) in [5, 5.41) is 6.72. The van der Waals surface area contributed by atoms with Crippen LogP contribution in [0.2, 0.25) is 10.0 Å². The van der Waals surface area contributed by atoms with E-state index in [4.69, 9.17) is 33.7 Å². The van der Waals surface area contributed by atoms with E-state index in [2.05, 4.69) is 15.6 Å². The lowest BCUT2D eigenvalue weighted by atomic mass is 10.2. The molecule has 25 heavy (non-hydrogen) atoms. The number of benzene rings is 2. The smallest absolute Gasteiger partial charge is 0.251 e. The first-order valence-electron chi connectivity index (χ1n) is 7.44. The molecule has 2 aromatic rings. The number of guanidine groups is 1. The third-order valence-electron chi connectivity index (χ3n) is 3.21. The molecule has 0 spiro atoms. The van der Waals surface area contributed by atoms with Gasteiger partial charge in [0.25, 0.3) is 5.91 Å². The van der Waals surface area contributed by atoms with Crippen LogP contribution in [0, 0.1) is 0 Å². The Kier molecular flexibility index (Phi) is 6.91. The summed E-state index contributed by atoms with van der Waals surface area (Å²) >= 11 is 11.8. The van der Waals surface area contributed by atoms with Crippen LogP contribution in [0.5, 0.6) is 5.75 Å². The van der Waals surface area contributed by atoms with Crippen molar-refractivity contribution in [3.63, 3.8) is 0 Å². The Balaban J connectivity index is 1.80. The Bertz CT molecular complexity index is 764. The van der Waals surface area contributed by atoms with Gasteiger partial charge in [-0.15, -0.1) is 0 Å². The SMILES string of the molecule is COc1ccc(NC(N)=NCCNC(=O)c2ccc(Cl)cc2)cc1Cl. The Morgan fingerprint density at radius 2 is 1.92 bits per heavy atom. The maximum atomic E-state index is 11.9. The molecule has 132 valence electrons. The van der Waals surface area contributed by atoms with Gasteiger partial charge in [-0.25, -0.2) is 0 Å². The molecule has 0 heterocycles. The number of methoxy groups -OCH3 is 1. The van der Waals surface area contributed by atoms with Crippen LogP contribution in [0.4, 0.5) is 5.69 Å². The number of hydrogen-bond acceptors (Lipinski definition) is 3. The highest BCUT2D eigenvalue weighted by molar-refractivity contribution is 6.32. The molecule has 0 unspecified atom stereocenters. The molecular weight excluding hydrogens is 363 g/mol. The van der Waals surface area contributed by atoms with Crippen LogP contribution in [0.1, 0.15) is 10.4 Å². The Labute approximate surface area is 156 Å². The van der Waals surface area contributed by atoms with E-state index in [9.17, 15) is 4.79 Å². The highest BCUT2D eigenvalue weighted by Gasteiger charge is 2.04. The fourth-order valence-electron chi connectivity index (χ4n) is 1.98. The van der Waals surface area contributed by atoms with Gasteiger partial charge < -0.3 is 21.1 Å². The Morgan fingerprint density at radius 1 is 1.20 bits per heavy atom.